The molecule has 0 amide bonds. The quantitative estimate of drug-likeness (QED) is 0.829. The van der Waals surface area contributed by atoms with Gasteiger partial charge in [0.15, 0.2) is 9.84 Å². The molecule has 1 rings (SSSR count). The maximum Gasteiger partial charge on any atom is 0.161 e. The molecule has 3 nitrogen and oxygen atoms in total. The Hall–Kier alpha value is -0.870. The third-order valence-corrected chi connectivity index (χ3v) is 4.06. The number of rotatable bonds is 5. The van der Waals surface area contributed by atoms with Gasteiger partial charge in [0.1, 0.15) is 11.5 Å². The number of ketones is 1. The van der Waals surface area contributed by atoms with E-state index in [0.29, 0.717) is 10.6 Å². The summed E-state index contributed by atoms with van der Waals surface area (Å²) in [5, 5.41) is 0.560. The van der Waals surface area contributed by atoms with Crippen molar-refractivity contribution in [1.82, 2.24) is 0 Å². The highest BCUT2D eigenvalue weighted by atomic mass is 35.5. The van der Waals surface area contributed by atoms with Gasteiger partial charge in [0.2, 0.25) is 0 Å². The SMILES string of the molecule is CC(C)C(=O)CS(=O)(=O)Cc1ccc(Cl)cc1. The zero-order chi connectivity index (χ0) is 13.1. The van der Waals surface area contributed by atoms with Gasteiger partial charge in [0.25, 0.3) is 0 Å². The third-order valence-electron chi connectivity index (χ3n) is 2.31. The van der Waals surface area contributed by atoms with Gasteiger partial charge in [-0.05, 0) is 17.7 Å². The van der Waals surface area contributed by atoms with Gasteiger partial charge >= 0.3 is 0 Å². The molecule has 0 radical (unpaired) electrons. The van der Waals surface area contributed by atoms with Gasteiger partial charge in [0.05, 0.1) is 5.75 Å². The second-order valence-corrected chi connectivity index (χ2v) is 6.78. The first-order valence-corrected chi connectivity index (χ1v) is 7.47. The van der Waals surface area contributed by atoms with Crippen molar-refractivity contribution in [2.24, 2.45) is 5.92 Å². The van der Waals surface area contributed by atoms with E-state index in [1.165, 1.54) is 0 Å². The van der Waals surface area contributed by atoms with Crippen LogP contribution in [0, 0.1) is 5.92 Å². The minimum absolute atomic E-state index is 0.122. The fraction of sp³-hybridized carbons (Fsp3) is 0.417. The average molecular weight is 275 g/mol. The van der Waals surface area contributed by atoms with Gasteiger partial charge in [-0.3, -0.25) is 4.79 Å². The molecule has 0 aliphatic rings. The van der Waals surface area contributed by atoms with Crippen LogP contribution < -0.4 is 0 Å². The van der Waals surface area contributed by atoms with E-state index in [-0.39, 0.29) is 17.5 Å². The Morgan fingerprint density at radius 2 is 1.76 bits per heavy atom. The molecule has 5 heteroatoms. The highest BCUT2D eigenvalue weighted by molar-refractivity contribution is 7.91. The van der Waals surface area contributed by atoms with Crippen LogP contribution >= 0.6 is 11.6 Å². The summed E-state index contributed by atoms with van der Waals surface area (Å²) in [6.07, 6.45) is 0. The van der Waals surface area contributed by atoms with Crippen LogP contribution in [0.2, 0.25) is 5.02 Å². The number of carbonyl (C=O) groups is 1. The largest absolute Gasteiger partial charge is 0.298 e. The smallest absolute Gasteiger partial charge is 0.161 e. The van der Waals surface area contributed by atoms with Gasteiger partial charge in [0, 0.05) is 10.9 Å². The van der Waals surface area contributed by atoms with Gasteiger partial charge in [-0.1, -0.05) is 37.6 Å². The maximum absolute atomic E-state index is 11.7. The molecular formula is C12H15ClO3S. The van der Waals surface area contributed by atoms with Crippen LogP contribution in [-0.4, -0.2) is 20.0 Å². The van der Waals surface area contributed by atoms with Crippen LogP contribution in [0.15, 0.2) is 24.3 Å². The number of hydrogen-bond acceptors (Lipinski definition) is 3. The normalized spacial score (nSPS) is 11.8. The molecule has 1 aromatic carbocycles. The molecule has 0 bridgehead atoms. The molecule has 0 aliphatic carbocycles. The zero-order valence-corrected chi connectivity index (χ0v) is 11.4. The van der Waals surface area contributed by atoms with E-state index in [2.05, 4.69) is 0 Å². The summed E-state index contributed by atoms with van der Waals surface area (Å²) in [5.74, 6) is -1.02. The second-order valence-electron chi connectivity index (χ2n) is 4.28. The molecule has 0 saturated heterocycles. The van der Waals surface area contributed by atoms with Gasteiger partial charge in [-0.15, -0.1) is 0 Å². The Balaban J connectivity index is 2.73. The number of benzene rings is 1. The summed E-state index contributed by atoms with van der Waals surface area (Å²) >= 11 is 5.71. The Morgan fingerprint density at radius 3 is 2.24 bits per heavy atom. The number of Topliss-reactive ketones (excluding diaryl/α,β-unsaturated/α-hetero) is 1. The van der Waals surface area contributed by atoms with Crippen LogP contribution in [0.25, 0.3) is 0 Å². The zero-order valence-electron chi connectivity index (χ0n) is 9.81. The summed E-state index contributed by atoms with van der Waals surface area (Å²) in [5.41, 5.74) is 0.644. The van der Waals surface area contributed by atoms with E-state index in [1.54, 1.807) is 38.1 Å². The van der Waals surface area contributed by atoms with Gasteiger partial charge < -0.3 is 0 Å². The van der Waals surface area contributed by atoms with Crippen molar-refractivity contribution in [3.05, 3.63) is 34.9 Å². The molecule has 1 aromatic rings. The predicted octanol–water partition coefficient (Wildman–Crippen LogP) is 2.48. The molecule has 0 saturated carbocycles. The minimum atomic E-state index is -3.38. The molecule has 17 heavy (non-hydrogen) atoms. The number of carbonyl (C=O) groups excluding carboxylic acids is 1. The number of halogens is 1. The first-order valence-electron chi connectivity index (χ1n) is 5.28. The van der Waals surface area contributed by atoms with E-state index >= 15 is 0 Å². The second kappa shape index (κ2) is 5.65. The van der Waals surface area contributed by atoms with Crippen molar-refractivity contribution in [3.63, 3.8) is 0 Å². The lowest BCUT2D eigenvalue weighted by Crippen LogP contribution is -2.21. The van der Waals surface area contributed by atoms with E-state index in [0.717, 1.165) is 0 Å². The highest BCUT2D eigenvalue weighted by Gasteiger charge is 2.19. The topological polar surface area (TPSA) is 51.2 Å². The Morgan fingerprint density at radius 1 is 1.24 bits per heavy atom. The summed E-state index contributed by atoms with van der Waals surface area (Å²) in [6, 6.07) is 6.58. The first kappa shape index (κ1) is 14.2. The van der Waals surface area contributed by atoms with Crippen molar-refractivity contribution < 1.29 is 13.2 Å². The lowest BCUT2D eigenvalue weighted by Gasteiger charge is -2.06. The molecular weight excluding hydrogens is 260 g/mol. The van der Waals surface area contributed by atoms with E-state index < -0.39 is 15.6 Å². The highest BCUT2D eigenvalue weighted by Crippen LogP contribution is 2.13. The van der Waals surface area contributed by atoms with E-state index in [9.17, 15) is 13.2 Å². The van der Waals surface area contributed by atoms with Crippen LogP contribution in [0.4, 0.5) is 0 Å². The van der Waals surface area contributed by atoms with Crippen molar-refractivity contribution in [3.8, 4) is 0 Å². The van der Waals surface area contributed by atoms with Crippen molar-refractivity contribution >= 4 is 27.2 Å². The van der Waals surface area contributed by atoms with Crippen molar-refractivity contribution in [2.75, 3.05) is 5.75 Å². The van der Waals surface area contributed by atoms with Crippen LogP contribution in [0.3, 0.4) is 0 Å². The Kier molecular flexibility index (Phi) is 4.71. The van der Waals surface area contributed by atoms with Crippen molar-refractivity contribution in [1.29, 1.82) is 0 Å². The maximum atomic E-state index is 11.7. The number of hydrogen-bond donors (Lipinski definition) is 0. The monoisotopic (exact) mass is 274 g/mol. The first-order chi connectivity index (χ1) is 7.80. The van der Waals surface area contributed by atoms with Crippen molar-refractivity contribution in [2.45, 2.75) is 19.6 Å². The summed E-state index contributed by atoms with van der Waals surface area (Å²) in [6.45, 7) is 3.39. The summed E-state index contributed by atoms with van der Waals surface area (Å²) in [7, 11) is -3.38. The third kappa shape index (κ3) is 4.88. The van der Waals surface area contributed by atoms with Gasteiger partial charge in [-0.25, -0.2) is 8.42 Å². The number of sulfone groups is 1. The molecule has 0 aromatic heterocycles. The van der Waals surface area contributed by atoms with Crippen LogP contribution in [0.1, 0.15) is 19.4 Å². The molecule has 0 spiro atoms. The summed E-state index contributed by atoms with van der Waals surface area (Å²) in [4.78, 5) is 11.4. The molecule has 0 unspecified atom stereocenters. The predicted molar refractivity (Wildman–Crippen MR) is 68.8 cm³/mol. The van der Waals surface area contributed by atoms with E-state index in [4.69, 9.17) is 11.6 Å². The van der Waals surface area contributed by atoms with Crippen LogP contribution in [-0.2, 0) is 20.4 Å². The minimum Gasteiger partial charge on any atom is -0.298 e. The lowest BCUT2D eigenvalue weighted by molar-refractivity contribution is -0.119. The Bertz CT molecular complexity index is 489. The Labute approximate surface area is 107 Å². The summed E-state index contributed by atoms with van der Waals surface area (Å²) < 4.78 is 23.5. The van der Waals surface area contributed by atoms with E-state index in [1.807, 2.05) is 0 Å². The average Bonchev–Trinajstić information content (AvgIpc) is 2.20. The lowest BCUT2D eigenvalue weighted by atomic mass is 10.1. The molecule has 0 N–H and O–H groups in total. The van der Waals surface area contributed by atoms with Gasteiger partial charge in [-0.2, -0.15) is 0 Å². The standard InChI is InChI=1S/C12H15ClO3S/c1-9(2)12(14)8-17(15,16)7-10-3-5-11(13)6-4-10/h3-6,9H,7-8H2,1-2H3. The molecule has 94 valence electrons. The molecule has 0 fully saturated rings. The molecule has 0 heterocycles. The fourth-order valence-electron chi connectivity index (χ4n) is 1.27. The molecule has 0 aliphatic heterocycles. The van der Waals surface area contributed by atoms with Crippen LogP contribution in [0.5, 0.6) is 0 Å². The molecule has 0 atom stereocenters. The fourth-order valence-corrected chi connectivity index (χ4v) is 2.96.